The molecule has 0 bridgehead atoms. The average molecular weight is 362 g/mol. The highest BCUT2D eigenvalue weighted by molar-refractivity contribution is 5.76. The second kappa shape index (κ2) is 9.16. The Morgan fingerprint density at radius 1 is 1.35 bits per heavy atom. The van der Waals surface area contributed by atoms with Crippen LogP contribution in [-0.2, 0) is 29.0 Å². The molecule has 0 radical (unpaired) electrons. The molecule has 1 unspecified atom stereocenters. The highest BCUT2D eigenvalue weighted by Crippen LogP contribution is 2.24. The monoisotopic (exact) mass is 362 g/mol. The molecule has 7 nitrogen and oxygen atoms in total. The zero-order chi connectivity index (χ0) is 18.4. The molecule has 0 aromatic carbocycles. The molecule has 7 heteroatoms. The topological polar surface area (TPSA) is 78.2 Å². The summed E-state index contributed by atoms with van der Waals surface area (Å²) in [5, 5.41) is 7.37. The van der Waals surface area contributed by atoms with Crippen LogP contribution in [-0.4, -0.2) is 39.5 Å². The van der Waals surface area contributed by atoms with Gasteiger partial charge in [-0.2, -0.15) is 5.10 Å². The number of nitrogens with zero attached hydrogens (tertiary/aromatic N) is 3. The van der Waals surface area contributed by atoms with Gasteiger partial charge in [0.1, 0.15) is 5.82 Å². The fraction of sp³-hybridized carbons (Fsp3) is 0.737. The predicted molar refractivity (Wildman–Crippen MR) is 99.0 cm³/mol. The van der Waals surface area contributed by atoms with Crippen molar-refractivity contribution in [1.29, 1.82) is 0 Å². The number of carbonyl (C=O) groups is 1. The Morgan fingerprint density at radius 3 is 2.96 bits per heavy atom. The lowest BCUT2D eigenvalue weighted by Gasteiger charge is -2.18. The lowest BCUT2D eigenvalue weighted by molar-refractivity contribution is -0.123. The number of allylic oxidation sites excluding steroid dienone is 1. The Morgan fingerprint density at radius 2 is 2.23 bits per heavy atom. The van der Waals surface area contributed by atoms with E-state index in [1.54, 1.807) is 9.25 Å². The smallest absolute Gasteiger partial charge is 0.345 e. The maximum Gasteiger partial charge on any atom is 0.345 e. The molecule has 0 saturated heterocycles. The summed E-state index contributed by atoms with van der Waals surface area (Å²) in [5.41, 5.74) is 1.24. The highest BCUT2D eigenvalue weighted by Gasteiger charge is 2.20. The summed E-state index contributed by atoms with van der Waals surface area (Å²) in [6.45, 7) is 4.44. The van der Waals surface area contributed by atoms with E-state index in [1.807, 2.05) is 6.92 Å². The molecule has 2 aliphatic rings. The number of hydrogen-bond donors (Lipinski definition) is 1. The minimum absolute atomic E-state index is 0.00716. The van der Waals surface area contributed by atoms with Crippen LogP contribution in [0.15, 0.2) is 16.4 Å². The lowest BCUT2D eigenvalue weighted by Crippen LogP contribution is -2.31. The molecule has 1 atom stereocenters. The van der Waals surface area contributed by atoms with Crippen LogP contribution in [0.4, 0.5) is 0 Å². The minimum atomic E-state index is -0.0926. The van der Waals surface area contributed by atoms with Crippen molar-refractivity contribution in [2.24, 2.45) is 0 Å². The first kappa shape index (κ1) is 18.9. The zero-order valence-electron chi connectivity index (χ0n) is 15.7. The summed E-state index contributed by atoms with van der Waals surface area (Å²) < 4.78 is 9.07. The Kier molecular flexibility index (Phi) is 6.66. The third-order valence-electron chi connectivity index (χ3n) is 5.13. The van der Waals surface area contributed by atoms with Crippen LogP contribution >= 0.6 is 0 Å². The van der Waals surface area contributed by atoms with E-state index in [2.05, 4.69) is 16.5 Å². The molecule has 1 aromatic rings. The molecule has 1 aliphatic carbocycles. The van der Waals surface area contributed by atoms with Crippen LogP contribution < -0.4 is 11.0 Å². The molecule has 0 fully saturated rings. The lowest BCUT2D eigenvalue weighted by atomic mass is 10.1. The molecule has 0 spiro atoms. The number of carbonyl (C=O) groups excluding carboxylic acids is 1. The number of aryl methyl sites for hydroxylation is 2. The SMILES string of the molecule is CCOC(CC(=O)NCCCn1nc2n(c1=O)CCCC2)C1=CCCC1. The molecule has 1 aliphatic heterocycles. The van der Waals surface area contributed by atoms with Crippen molar-refractivity contribution in [3.63, 3.8) is 0 Å². The largest absolute Gasteiger partial charge is 0.374 e. The molecule has 1 N–H and O–H groups in total. The number of nitrogens with one attached hydrogen (secondary N) is 1. The van der Waals surface area contributed by atoms with Gasteiger partial charge in [0, 0.05) is 32.7 Å². The van der Waals surface area contributed by atoms with Gasteiger partial charge in [0.05, 0.1) is 12.5 Å². The fourth-order valence-corrected chi connectivity index (χ4v) is 3.78. The molecule has 144 valence electrons. The van der Waals surface area contributed by atoms with Gasteiger partial charge in [0.25, 0.3) is 0 Å². The van der Waals surface area contributed by atoms with Gasteiger partial charge in [0.15, 0.2) is 0 Å². The van der Waals surface area contributed by atoms with Gasteiger partial charge in [-0.25, -0.2) is 9.48 Å². The Balaban J connectivity index is 1.42. The van der Waals surface area contributed by atoms with Crippen LogP contribution in [0.5, 0.6) is 0 Å². The fourth-order valence-electron chi connectivity index (χ4n) is 3.78. The molecule has 26 heavy (non-hydrogen) atoms. The number of rotatable bonds is 9. The minimum Gasteiger partial charge on any atom is -0.374 e. The van der Waals surface area contributed by atoms with Crippen molar-refractivity contribution in [1.82, 2.24) is 19.7 Å². The van der Waals surface area contributed by atoms with Crippen molar-refractivity contribution in [2.75, 3.05) is 13.2 Å². The van der Waals surface area contributed by atoms with E-state index < -0.39 is 0 Å². The van der Waals surface area contributed by atoms with Crippen LogP contribution in [0.25, 0.3) is 0 Å². The van der Waals surface area contributed by atoms with Crippen molar-refractivity contribution >= 4 is 5.91 Å². The Hall–Kier alpha value is -1.89. The van der Waals surface area contributed by atoms with E-state index >= 15 is 0 Å². The standard InChI is InChI=1S/C19H30N4O3/c1-2-26-16(15-8-3-4-9-15)14-18(24)20-11-7-13-23-19(25)22-12-6-5-10-17(22)21-23/h8,16H,2-7,9-14H2,1H3,(H,20,24). The second-order valence-corrected chi connectivity index (χ2v) is 7.05. The number of hydrogen-bond acceptors (Lipinski definition) is 4. The van der Waals surface area contributed by atoms with Crippen LogP contribution in [0, 0.1) is 0 Å². The van der Waals surface area contributed by atoms with E-state index in [-0.39, 0.29) is 17.7 Å². The normalized spacial score (nSPS) is 17.7. The van der Waals surface area contributed by atoms with Gasteiger partial charge in [-0.3, -0.25) is 9.36 Å². The van der Waals surface area contributed by atoms with E-state index in [1.165, 1.54) is 5.57 Å². The number of aromatic nitrogens is 3. The van der Waals surface area contributed by atoms with E-state index in [4.69, 9.17) is 4.74 Å². The molecule has 1 amide bonds. The summed E-state index contributed by atoms with van der Waals surface area (Å²) in [7, 11) is 0. The van der Waals surface area contributed by atoms with Crippen molar-refractivity contribution in [2.45, 2.75) is 77.5 Å². The second-order valence-electron chi connectivity index (χ2n) is 7.05. The molecular formula is C19H30N4O3. The van der Waals surface area contributed by atoms with Gasteiger partial charge in [-0.1, -0.05) is 6.08 Å². The average Bonchev–Trinajstić information content (AvgIpc) is 3.28. The zero-order valence-corrected chi connectivity index (χ0v) is 15.7. The van der Waals surface area contributed by atoms with Gasteiger partial charge in [-0.15, -0.1) is 0 Å². The third-order valence-corrected chi connectivity index (χ3v) is 5.13. The van der Waals surface area contributed by atoms with Crippen LogP contribution in [0.3, 0.4) is 0 Å². The number of fused-ring (bicyclic) bond motifs is 1. The number of ether oxygens (including phenoxy) is 1. The number of amides is 1. The molecule has 0 saturated carbocycles. The van der Waals surface area contributed by atoms with Crippen molar-refractivity contribution < 1.29 is 9.53 Å². The van der Waals surface area contributed by atoms with Crippen LogP contribution in [0.2, 0.25) is 0 Å². The van der Waals surface area contributed by atoms with Gasteiger partial charge in [-0.05, 0) is 51.0 Å². The van der Waals surface area contributed by atoms with Gasteiger partial charge < -0.3 is 10.1 Å². The summed E-state index contributed by atoms with van der Waals surface area (Å²) >= 11 is 0. The summed E-state index contributed by atoms with van der Waals surface area (Å²) in [6, 6.07) is 0. The van der Waals surface area contributed by atoms with E-state index in [0.717, 1.165) is 50.9 Å². The molecule has 3 rings (SSSR count). The quantitative estimate of drug-likeness (QED) is 0.537. The third kappa shape index (κ3) is 4.63. The Labute approximate surface area is 154 Å². The summed E-state index contributed by atoms with van der Waals surface area (Å²) in [6.07, 6.45) is 9.50. The first-order valence-corrected chi connectivity index (χ1v) is 9.92. The maximum atomic E-state index is 12.3. The van der Waals surface area contributed by atoms with E-state index in [9.17, 15) is 9.59 Å². The van der Waals surface area contributed by atoms with Crippen LogP contribution in [0.1, 0.15) is 57.7 Å². The summed E-state index contributed by atoms with van der Waals surface area (Å²) in [5.74, 6) is 0.905. The Bertz CT molecular complexity index is 704. The summed E-state index contributed by atoms with van der Waals surface area (Å²) in [4.78, 5) is 24.5. The highest BCUT2D eigenvalue weighted by atomic mass is 16.5. The first-order valence-electron chi connectivity index (χ1n) is 9.92. The van der Waals surface area contributed by atoms with Gasteiger partial charge in [0.2, 0.25) is 5.91 Å². The molecule has 1 aromatic heterocycles. The van der Waals surface area contributed by atoms with Crippen molar-refractivity contribution in [3.8, 4) is 0 Å². The van der Waals surface area contributed by atoms with Crippen molar-refractivity contribution in [3.05, 3.63) is 28.0 Å². The maximum absolute atomic E-state index is 12.3. The predicted octanol–water partition coefficient (Wildman–Crippen LogP) is 1.79. The molecular weight excluding hydrogens is 332 g/mol. The van der Waals surface area contributed by atoms with Gasteiger partial charge >= 0.3 is 5.69 Å². The molecule has 2 heterocycles. The first-order chi connectivity index (χ1) is 12.7. The van der Waals surface area contributed by atoms with E-state index in [0.29, 0.717) is 32.5 Å².